The van der Waals surface area contributed by atoms with E-state index in [4.69, 9.17) is 28.3 Å². The molecule has 4 nitrogen and oxygen atoms in total. The fourth-order valence-electron chi connectivity index (χ4n) is 0.966. The zero-order chi connectivity index (χ0) is 12.3. The van der Waals surface area contributed by atoms with Crippen molar-refractivity contribution in [2.45, 2.75) is 0 Å². The standard InChI is InChI=1S/C8H8BrCl2NO3S/c9-5-3-6(10)8(7(11)4-5)12-16(14,15)2-1-13/h3-4,12-13H,1-2H2. The Morgan fingerprint density at radius 1 is 1.31 bits per heavy atom. The highest BCUT2D eigenvalue weighted by atomic mass is 79.9. The molecule has 0 aliphatic rings. The van der Waals surface area contributed by atoms with Crippen molar-refractivity contribution in [3.63, 3.8) is 0 Å². The molecule has 0 bridgehead atoms. The maximum absolute atomic E-state index is 11.4. The van der Waals surface area contributed by atoms with Crippen LogP contribution in [-0.2, 0) is 10.0 Å². The highest BCUT2D eigenvalue weighted by Gasteiger charge is 2.15. The van der Waals surface area contributed by atoms with Gasteiger partial charge in [0.2, 0.25) is 10.0 Å². The van der Waals surface area contributed by atoms with Crippen molar-refractivity contribution in [3.05, 3.63) is 26.7 Å². The summed E-state index contributed by atoms with van der Waals surface area (Å²) < 4.78 is 25.6. The summed E-state index contributed by atoms with van der Waals surface area (Å²) in [5.41, 5.74) is 0.111. The lowest BCUT2D eigenvalue weighted by Crippen LogP contribution is -2.19. The van der Waals surface area contributed by atoms with Crippen LogP contribution >= 0.6 is 39.1 Å². The number of anilines is 1. The lowest BCUT2D eigenvalue weighted by molar-refractivity contribution is 0.320. The van der Waals surface area contributed by atoms with Crippen molar-refractivity contribution in [2.75, 3.05) is 17.1 Å². The van der Waals surface area contributed by atoms with Gasteiger partial charge in [-0.1, -0.05) is 39.1 Å². The number of benzene rings is 1. The molecule has 0 saturated carbocycles. The smallest absolute Gasteiger partial charge is 0.235 e. The van der Waals surface area contributed by atoms with E-state index in [0.717, 1.165) is 0 Å². The van der Waals surface area contributed by atoms with Gasteiger partial charge in [0.1, 0.15) is 0 Å². The normalized spacial score (nSPS) is 11.5. The predicted molar refractivity (Wildman–Crippen MR) is 68.7 cm³/mol. The van der Waals surface area contributed by atoms with Crippen molar-refractivity contribution in [1.82, 2.24) is 0 Å². The van der Waals surface area contributed by atoms with Crippen LogP contribution in [0.5, 0.6) is 0 Å². The Bertz CT molecular complexity index is 469. The molecule has 0 heterocycles. The summed E-state index contributed by atoms with van der Waals surface area (Å²) in [6.07, 6.45) is 0. The van der Waals surface area contributed by atoms with Crippen LogP contribution in [-0.4, -0.2) is 25.9 Å². The fraction of sp³-hybridized carbons (Fsp3) is 0.250. The third kappa shape index (κ3) is 3.78. The summed E-state index contributed by atoms with van der Waals surface area (Å²) in [4.78, 5) is 0. The van der Waals surface area contributed by atoms with E-state index in [-0.39, 0.29) is 15.7 Å². The summed E-state index contributed by atoms with van der Waals surface area (Å²) in [5.74, 6) is -0.407. The third-order valence-electron chi connectivity index (χ3n) is 1.62. The molecule has 90 valence electrons. The number of aliphatic hydroxyl groups excluding tert-OH is 1. The summed E-state index contributed by atoms with van der Waals surface area (Å²) in [5, 5.41) is 8.93. The second-order valence-corrected chi connectivity index (χ2v) is 6.46. The number of halogens is 3. The van der Waals surface area contributed by atoms with Gasteiger partial charge in [-0.3, -0.25) is 4.72 Å². The van der Waals surface area contributed by atoms with Crippen LogP contribution in [0.3, 0.4) is 0 Å². The minimum absolute atomic E-state index is 0.111. The average molecular weight is 349 g/mol. The monoisotopic (exact) mass is 347 g/mol. The number of rotatable bonds is 4. The van der Waals surface area contributed by atoms with Crippen LogP contribution in [0.15, 0.2) is 16.6 Å². The van der Waals surface area contributed by atoms with Gasteiger partial charge in [-0.15, -0.1) is 0 Å². The van der Waals surface area contributed by atoms with Crippen molar-refractivity contribution in [1.29, 1.82) is 0 Å². The van der Waals surface area contributed by atoms with Crippen LogP contribution in [0.25, 0.3) is 0 Å². The Morgan fingerprint density at radius 2 is 1.81 bits per heavy atom. The highest BCUT2D eigenvalue weighted by Crippen LogP contribution is 2.34. The first-order chi connectivity index (χ1) is 7.35. The van der Waals surface area contributed by atoms with Gasteiger partial charge in [-0.05, 0) is 12.1 Å². The first-order valence-electron chi connectivity index (χ1n) is 4.11. The first kappa shape index (κ1) is 14.1. The average Bonchev–Trinajstić information content (AvgIpc) is 2.11. The zero-order valence-corrected chi connectivity index (χ0v) is 11.8. The van der Waals surface area contributed by atoms with Gasteiger partial charge in [0, 0.05) is 4.47 Å². The summed E-state index contributed by atoms with van der Waals surface area (Å²) in [7, 11) is -3.63. The molecule has 0 amide bonds. The molecular weight excluding hydrogens is 341 g/mol. The first-order valence-corrected chi connectivity index (χ1v) is 7.32. The van der Waals surface area contributed by atoms with Gasteiger partial charge in [0.15, 0.2) is 0 Å². The van der Waals surface area contributed by atoms with E-state index in [2.05, 4.69) is 20.7 Å². The van der Waals surface area contributed by atoms with Gasteiger partial charge in [0.05, 0.1) is 28.1 Å². The summed E-state index contributed by atoms with van der Waals surface area (Å²) >= 11 is 14.8. The maximum atomic E-state index is 11.4. The van der Waals surface area contributed by atoms with Gasteiger partial charge in [0.25, 0.3) is 0 Å². The Morgan fingerprint density at radius 3 is 2.25 bits per heavy atom. The van der Waals surface area contributed by atoms with Gasteiger partial charge in [-0.2, -0.15) is 0 Å². The number of nitrogens with one attached hydrogen (secondary N) is 1. The molecule has 0 unspecified atom stereocenters. The molecule has 1 aromatic carbocycles. The SMILES string of the molecule is O=S(=O)(CCO)Nc1c(Cl)cc(Br)cc1Cl. The molecule has 0 aliphatic carbocycles. The number of hydrogen-bond acceptors (Lipinski definition) is 3. The lowest BCUT2D eigenvalue weighted by Gasteiger charge is -2.10. The Kier molecular flexibility index (Phi) is 4.88. The van der Waals surface area contributed by atoms with E-state index in [1.165, 1.54) is 12.1 Å². The third-order valence-corrected chi connectivity index (χ3v) is 3.91. The quantitative estimate of drug-likeness (QED) is 0.878. The van der Waals surface area contributed by atoms with E-state index < -0.39 is 22.4 Å². The van der Waals surface area contributed by atoms with Crippen LogP contribution in [0, 0.1) is 0 Å². The van der Waals surface area contributed by atoms with Gasteiger partial charge >= 0.3 is 0 Å². The van der Waals surface area contributed by atoms with Crippen LogP contribution in [0.1, 0.15) is 0 Å². The van der Waals surface area contributed by atoms with Crippen molar-refractivity contribution in [3.8, 4) is 0 Å². The van der Waals surface area contributed by atoms with E-state index in [1.807, 2.05) is 0 Å². The second kappa shape index (κ2) is 5.55. The van der Waals surface area contributed by atoms with Crippen molar-refractivity contribution >= 4 is 54.8 Å². The summed E-state index contributed by atoms with van der Waals surface area (Å²) in [6.45, 7) is -0.471. The molecular formula is C8H8BrCl2NO3S. The Balaban J connectivity index is 3.07. The number of sulfonamides is 1. The summed E-state index contributed by atoms with van der Waals surface area (Å²) in [6, 6.07) is 3.04. The fourth-order valence-corrected chi connectivity index (χ4v) is 3.25. The van der Waals surface area contributed by atoms with Gasteiger partial charge in [-0.25, -0.2) is 8.42 Å². The van der Waals surface area contributed by atoms with E-state index in [1.54, 1.807) is 0 Å². The zero-order valence-electron chi connectivity index (χ0n) is 7.87. The minimum atomic E-state index is -3.63. The molecule has 0 fully saturated rings. The second-order valence-electron chi connectivity index (χ2n) is 2.89. The van der Waals surface area contributed by atoms with E-state index in [0.29, 0.717) is 4.47 Å². The number of hydrogen-bond donors (Lipinski definition) is 2. The molecule has 1 aromatic rings. The predicted octanol–water partition coefficient (Wildman–Crippen LogP) is 2.49. The largest absolute Gasteiger partial charge is 0.395 e. The molecule has 1 rings (SSSR count). The molecule has 0 saturated heterocycles. The maximum Gasteiger partial charge on any atom is 0.235 e. The molecule has 8 heteroatoms. The molecule has 0 aromatic heterocycles. The molecule has 2 N–H and O–H groups in total. The minimum Gasteiger partial charge on any atom is -0.395 e. The van der Waals surface area contributed by atoms with Crippen LogP contribution in [0.4, 0.5) is 5.69 Å². The molecule has 0 aliphatic heterocycles. The lowest BCUT2D eigenvalue weighted by atomic mass is 10.3. The van der Waals surface area contributed by atoms with Crippen molar-refractivity contribution < 1.29 is 13.5 Å². The highest BCUT2D eigenvalue weighted by molar-refractivity contribution is 9.10. The molecule has 0 spiro atoms. The Hall–Kier alpha value is -0.0100. The molecule has 0 atom stereocenters. The van der Waals surface area contributed by atoms with Crippen molar-refractivity contribution in [2.24, 2.45) is 0 Å². The van der Waals surface area contributed by atoms with Gasteiger partial charge < -0.3 is 5.11 Å². The topological polar surface area (TPSA) is 66.4 Å². The Labute approximate surface area is 112 Å². The van der Waals surface area contributed by atoms with E-state index in [9.17, 15) is 8.42 Å². The van der Waals surface area contributed by atoms with E-state index >= 15 is 0 Å². The number of aliphatic hydroxyl groups is 1. The van der Waals surface area contributed by atoms with Crippen LogP contribution < -0.4 is 4.72 Å². The molecule has 0 radical (unpaired) electrons. The molecule has 16 heavy (non-hydrogen) atoms. The van der Waals surface area contributed by atoms with Crippen LogP contribution in [0.2, 0.25) is 10.0 Å².